The summed E-state index contributed by atoms with van der Waals surface area (Å²) in [6.45, 7) is 0. The highest BCUT2D eigenvalue weighted by Gasteiger charge is 2.21. The van der Waals surface area contributed by atoms with Crippen LogP contribution in [0.3, 0.4) is 0 Å². The molecule has 1 aliphatic rings. The first-order valence-corrected chi connectivity index (χ1v) is 8.13. The molecule has 21 heavy (non-hydrogen) atoms. The molecule has 0 bridgehead atoms. The van der Waals surface area contributed by atoms with Gasteiger partial charge in [-0.3, -0.25) is 0 Å². The van der Waals surface area contributed by atoms with E-state index in [4.69, 9.17) is 4.74 Å². The number of aliphatic hydroxyl groups is 1. The van der Waals surface area contributed by atoms with Crippen molar-refractivity contribution >= 4 is 11.3 Å². The molecule has 1 unspecified atom stereocenters. The Bertz CT molecular complexity index is 612. The summed E-state index contributed by atoms with van der Waals surface area (Å²) in [7, 11) is 1.53. The Kier molecular flexibility index (Phi) is 4.27. The molecule has 0 fully saturated rings. The van der Waals surface area contributed by atoms with Gasteiger partial charge >= 0.3 is 0 Å². The second kappa shape index (κ2) is 6.16. The standard InChI is InChI=1S/C17H19FO2S/c1-20-14-8-7-12(18)10-13(14)17(19)16-9-11-5-3-2-4-6-15(11)21-16/h7-10,17,19H,2-6H2,1H3. The SMILES string of the molecule is COc1ccc(F)cc1C(O)c1cc2c(s1)CCCCC2. The van der Waals surface area contributed by atoms with Gasteiger partial charge < -0.3 is 9.84 Å². The molecule has 0 aliphatic heterocycles. The minimum absolute atomic E-state index is 0.358. The van der Waals surface area contributed by atoms with Crippen molar-refractivity contribution in [3.8, 4) is 5.75 Å². The average Bonchev–Trinajstić information content (AvgIpc) is 2.77. The van der Waals surface area contributed by atoms with E-state index in [0.717, 1.165) is 17.7 Å². The molecular weight excluding hydrogens is 287 g/mol. The van der Waals surface area contributed by atoms with Gasteiger partial charge in [0.1, 0.15) is 17.7 Å². The number of aryl methyl sites for hydroxylation is 2. The average molecular weight is 306 g/mol. The summed E-state index contributed by atoms with van der Waals surface area (Å²) in [5, 5.41) is 10.6. The van der Waals surface area contributed by atoms with Gasteiger partial charge in [0.2, 0.25) is 0 Å². The molecule has 2 nitrogen and oxygen atoms in total. The lowest BCUT2D eigenvalue weighted by molar-refractivity contribution is 0.218. The summed E-state index contributed by atoms with van der Waals surface area (Å²) in [6, 6.07) is 6.35. The largest absolute Gasteiger partial charge is 0.496 e. The van der Waals surface area contributed by atoms with Crippen LogP contribution in [0.25, 0.3) is 0 Å². The lowest BCUT2D eigenvalue weighted by atomic mass is 10.0. The minimum Gasteiger partial charge on any atom is -0.496 e. The monoisotopic (exact) mass is 306 g/mol. The maximum Gasteiger partial charge on any atom is 0.125 e. The first kappa shape index (κ1) is 14.5. The maximum absolute atomic E-state index is 13.5. The van der Waals surface area contributed by atoms with Crippen LogP contribution in [0.2, 0.25) is 0 Å². The summed E-state index contributed by atoms with van der Waals surface area (Å²) < 4.78 is 18.7. The van der Waals surface area contributed by atoms with E-state index in [1.165, 1.54) is 48.9 Å². The molecule has 0 amide bonds. The number of benzene rings is 1. The van der Waals surface area contributed by atoms with Gasteiger partial charge in [0.25, 0.3) is 0 Å². The zero-order valence-corrected chi connectivity index (χ0v) is 12.9. The van der Waals surface area contributed by atoms with Crippen LogP contribution in [0, 0.1) is 5.82 Å². The fourth-order valence-corrected chi connectivity index (χ4v) is 4.16. The summed E-state index contributed by atoms with van der Waals surface area (Å²) in [5.74, 6) is 0.162. The van der Waals surface area contributed by atoms with Gasteiger partial charge in [-0.05, 0) is 55.5 Å². The normalized spacial score (nSPS) is 16.1. The van der Waals surface area contributed by atoms with Gasteiger partial charge in [0.15, 0.2) is 0 Å². The van der Waals surface area contributed by atoms with Crippen molar-refractivity contribution in [1.82, 2.24) is 0 Å². The molecule has 1 heterocycles. The van der Waals surface area contributed by atoms with E-state index in [9.17, 15) is 9.50 Å². The topological polar surface area (TPSA) is 29.5 Å². The van der Waals surface area contributed by atoms with Gasteiger partial charge in [0.05, 0.1) is 7.11 Å². The first-order valence-electron chi connectivity index (χ1n) is 7.32. The minimum atomic E-state index is -0.826. The molecule has 1 aromatic heterocycles. The smallest absolute Gasteiger partial charge is 0.125 e. The fraction of sp³-hybridized carbons (Fsp3) is 0.412. The molecule has 1 atom stereocenters. The Hall–Kier alpha value is -1.39. The van der Waals surface area contributed by atoms with Crippen molar-refractivity contribution in [3.63, 3.8) is 0 Å². The summed E-state index contributed by atoms with van der Waals surface area (Å²) >= 11 is 1.65. The van der Waals surface area contributed by atoms with E-state index in [-0.39, 0.29) is 5.82 Å². The predicted molar refractivity (Wildman–Crippen MR) is 82.6 cm³/mol. The van der Waals surface area contributed by atoms with Crippen molar-refractivity contribution in [2.45, 2.75) is 38.2 Å². The Morgan fingerprint density at radius 2 is 2.00 bits per heavy atom. The Morgan fingerprint density at radius 1 is 1.19 bits per heavy atom. The molecule has 1 N–H and O–H groups in total. The lowest BCUT2D eigenvalue weighted by Gasteiger charge is -2.13. The highest BCUT2D eigenvalue weighted by atomic mass is 32.1. The van der Waals surface area contributed by atoms with Crippen molar-refractivity contribution < 1.29 is 14.2 Å². The first-order chi connectivity index (χ1) is 10.2. The van der Waals surface area contributed by atoms with Gasteiger partial charge in [-0.15, -0.1) is 11.3 Å². The Morgan fingerprint density at radius 3 is 2.81 bits per heavy atom. The number of rotatable bonds is 3. The molecule has 0 saturated carbocycles. The Labute approximate surface area is 128 Å². The van der Waals surface area contributed by atoms with Crippen LogP contribution in [0.1, 0.15) is 46.2 Å². The molecule has 112 valence electrons. The van der Waals surface area contributed by atoms with Crippen LogP contribution in [0.15, 0.2) is 24.3 Å². The molecule has 3 rings (SSSR count). The zero-order valence-electron chi connectivity index (χ0n) is 12.1. The number of aliphatic hydroxyl groups excluding tert-OH is 1. The van der Waals surface area contributed by atoms with Gasteiger partial charge in [0, 0.05) is 15.3 Å². The van der Waals surface area contributed by atoms with Crippen molar-refractivity contribution in [1.29, 1.82) is 0 Å². The number of fused-ring (bicyclic) bond motifs is 1. The second-order valence-corrected chi connectivity index (χ2v) is 6.61. The molecule has 0 saturated heterocycles. The quantitative estimate of drug-likeness (QED) is 0.859. The fourth-order valence-electron chi connectivity index (χ4n) is 2.90. The molecule has 0 radical (unpaired) electrons. The second-order valence-electron chi connectivity index (χ2n) is 5.45. The number of thiophene rings is 1. The van der Waals surface area contributed by atoms with Crippen LogP contribution in [0.4, 0.5) is 4.39 Å². The number of ether oxygens (including phenoxy) is 1. The maximum atomic E-state index is 13.5. The van der Waals surface area contributed by atoms with E-state index in [2.05, 4.69) is 6.07 Å². The summed E-state index contributed by atoms with van der Waals surface area (Å²) in [6.07, 6.45) is 5.05. The third-order valence-electron chi connectivity index (χ3n) is 4.02. The third kappa shape index (κ3) is 2.97. The van der Waals surface area contributed by atoms with Crippen molar-refractivity contribution in [2.24, 2.45) is 0 Å². The molecule has 4 heteroatoms. The van der Waals surface area contributed by atoms with E-state index >= 15 is 0 Å². The van der Waals surface area contributed by atoms with E-state index < -0.39 is 6.10 Å². The number of halogens is 1. The molecule has 2 aromatic rings. The van der Waals surface area contributed by atoms with Crippen LogP contribution in [-0.4, -0.2) is 12.2 Å². The molecule has 1 aromatic carbocycles. The Balaban J connectivity index is 1.95. The summed E-state index contributed by atoms with van der Waals surface area (Å²) in [4.78, 5) is 2.25. The third-order valence-corrected chi connectivity index (χ3v) is 5.31. The van der Waals surface area contributed by atoms with Gasteiger partial charge in [-0.2, -0.15) is 0 Å². The van der Waals surface area contributed by atoms with E-state index in [1.54, 1.807) is 17.4 Å². The zero-order chi connectivity index (χ0) is 14.8. The van der Waals surface area contributed by atoms with Gasteiger partial charge in [-0.1, -0.05) is 6.42 Å². The number of hydrogen-bond donors (Lipinski definition) is 1. The van der Waals surface area contributed by atoms with Gasteiger partial charge in [-0.25, -0.2) is 4.39 Å². The van der Waals surface area contributed by atoms with E-state index in [1.807, 2.05) is 0 Å². The molecular formula is C17H19FO2S. The van der Waals surface area contributed by atoms with E-state index in [0.29, 0.717) is 11.3 Å². The number of hydrogen-bond acceptors (Lipinski definition) is 3. The van der Waals surface area contributed by atoms with Crippen molar-refractivity contribution in [3.05, 3.63) is 51.0 Å². The highest BCUT2D eigenvalue weighted by molar-refractivity contribution is 7.12. The van der Waals surface area contributed by atoms with Crippen LogP contribution < -0.4 is 4.74 Å². The van der Waals surface area contributed by atoms with Crippen molar-refractivity contribution in [2.75, 3.05) is 7.11 Å². The van der Waals surface area contributed by atoms with Crippen LogP contribution in [-0.2, 0) is 12.8 Å². The van der Waals surface area contributed by atoms with Crippen LogP contribution >= 0.6 is 11.3 Å². The molecule has 1 aliphatic carbocycles. The summed E-state index contributed by atoms with van der Waals surface area (Å²) in [5.41, 5.74) is 1.84. The number of methoxy groups -OCH3 is 1. The highest BCUT2D eigenvalue weighted by Crippen LogP contribution is 2.37. The van der Waals surface area contributed by atoms with Crippen LogP contribution in [0.5, 0.6) is 5.75 Å². The molecule has 0 spiro atoms. The predicted octanol–water partition coefficient (Wildman–Crippen LogP) is 4.25. The lowest BCUT2D eigenvalue weighted by Crippen LogP contribution is -2.01.